The van der Waals surface area contributed by atoms with Gasteiger partial charge >= 0.3 is 0 Å². The van der Waals surface area contributed by atoms with E-state index in [-0.39, 0.29) is 10.8 Å². The maximum atomic E-state index is 6.17. The monoisotopic (exact) mass is 1370 g/mol. The first-order valence-corrected chi connectivity index (χ1v) is 39.1. The van der Waals surface area contributed by atoms with Gasteiger partial charge in [0.2, 0.25) is 0 Å². The first-order valence-electron chi connectivity index (χ1n) is 39.1. The lowest BCUT2D eigenvalue weighted by Gasteiger charge is -2.40. The molecule has 0 amide bonds. The summed E-state index contributed by atoms with van der Waals surface area (Å²) >= 11 is 0. The average Bonchev–Trinajstić information content (AvgIpc) is 1.50. The molecular formula is C99H94N2O4. The Hall–Kier alpha value is -9.92. The normalized spacial score (nSPS) is 15.2. The Morgan fingerprint density at radius 2 is 0.629 bits per heavy atom. The molecule has 12 aromatic rings. The van der Waals surface area contributed by atoms with E-state index in [0.29, 0.717) is 0 Å². The molecule has 2 fully saturated rings. The van der Waals surface area contributed by atoms with E-state index in [1.54, 1.807) is 0 Å². The lowest BCUT2D eigenvalue weighted by Crippen LogP contribution is -2.45. The Balaban J connectivity index is 0.744. The highest BCUT2D eigenvalue weighted by atomic mass is 16.5. The molecule has 0 unspecified atom stereocenters. The number of fused-ring (bicyclic) bond motifs is 16. The van der Waals surface area contributed by atoms with Crippen LogP contribution >= 0.6 is 0 Å². The summed E-state index contributed by atoms with van der Waals surface area (Å²) in [6.07, 6.45) is 15.5. The van der Waals surface area contributed by atoms with Gasteiger partial charge in [0.25, 0.3) is 0 Å². The molecule has 18 rings (SSSR count). The van der Waals surface area contributed by atoms with E-state index in [2.05, 4.69) is 291 Å². The molecule has 2 aliphatic heterocycles. The van der Waals surface area contributed by atoms with Crippen LogP contribution in [-0.2, 0) is 50.0 Å². The largest absolute Gasteiger partial charge is 0.381 e. The van der Waals surface area contributed by atoms with Crippen LogP contribution in [0.3, 0.4) is 0 Å². The fourth-order valence-corrected chi connectivity index (χ4v) is 18.1. The first kappa shape index (κ1) is 67.0. The molecular weight excluding hydrogens is 1280 g/mol. The second-order valence-corrected chi connectivity index (χ2v) is 30.9. The molecule has 4 aliphatic carbocycles. The third kappa shape index (κ3) is 12.6. The van der Waals surface area contributed by atoms with Crippen molar-refractivity contribution in [2.24, 2.45) is 10.8 Å². The molecule has 6 heteroatoms. The van der Waals surface area contributed by atoms with Gasteiger partial charge < -0.3 is 28.7 Å². The minimum Gasteiger partial charge on any atom is -0.381 e. The van der Waals surface area contributed by atoms with Crippen molar-refractivity contribution in [1.29, 1.82) is 0 Å². The summed E-state index contributed by atoms with van der Waals surface area (Å²) in [5, 5.41) is 0. The SMILES string of the molecule is CCC1(COCCCCCCc2ccc(N(c3ccccc3)c3ccc4c(c3)C3(c5cc(-c6ccc7c(c6)Cc6ccccc6-7)ccc5-c5ccc(-c6ccc7c(c6)Cc6ccccc6-7)cc53)c3cc(N(c5ccccc5)c5ccc(CCCCCCOCC6(CC)COC6)cc5)ccc3-4)cc2)COC1. The van der Waals surface area contributed by atoms with Crippen LogP contribution in [0, 0.1) is 10.8 Å². The van der Waals surface area contributed by atoms with E-state index in [9.17, 15) is 0 Å². The summed E-state index contributed by atoms with van der Waals surface area (Å²) in [5.74, 6) is 0. The summed E-state index contributed by atoms with van der Waals surface area (Å²) in [5.41, 5.74) is 35.3. The Bertz CT molecular complexity index is 4810. The maximum Gasteiger partial charge on any atom is 0.0727 e. The van der Waals surface area contributed by atoms with Gasteiger partial charge in [-0.25, -0.2) is 0 Å². The molecule has 105 heavy (non-hydrogen) atoms. The van der Waals surface area contributed by atoms with Gasteiger partial charge in [0.1, 0.15) is 0 Å². The Morgan fingerprint density at radius 1 is 0.295 bits per heavy atom. The van der Waals surface area contributed by atoms with E-state index < -0.39 is 5.41 Å². The van der Waals surface area contributed by atoms with Crippen LogP contribution in [0.15, 0.2) is 267 Å². The average molecular weight is 1380 g/mol. The Kier molecular flexibility index (Phi) is 18.4. The van der Waals surface area contributed by atoms with Crippen LogP contribution in [0.1, 0.15) is 134 Å². The van der Waals surface area contributed by atoms with Gasteiger partial charge in [-0.05, 0) is 272 Å². The highest BCUT2D eigenvalue weighted by molar-refractivity contribution is 6.00. The lowest BCUT2D eigenvalue weighted by atomic mass is 9.69. The number of hydrogen-bond acceptors (Lipinski definition) is 6. The van der Waals surface area contributed by atoms with Gasteiger partial charge in [-0.15, -0.1) is 0 Å². The smallest absolute Gasteiger partial charge is 0.0727 e. The topological polar surface area (TPSA) is 43.4 Å². The van der Waals surface area contributed by atoms with E-state index >= 15 is 0 Å². The molecule has 12 aromatic carbocycles. The van der Waals surface area contributed by atoms with Crippen molar-refractivity contribution >= 4 is 34.1 Å². The number of unbranched alkanes of at least 4 members (excludes halogenated alkanes) is 6. The quantitative estimate of drug-likeness (QED) is 0.0455. The van der Waals surface area contributed by atoms with Crippen LogP contribution in [0.25, 0.3) is 66.8 Å². The molecule has 524 valence electrons. The molecule has 2 heterocycles. The standard InChI is InChI=1S/C99H94N2O4/c1-3-97(65-104-66-97)63-102-53-21-7-5-11-23-69-33-41-81(42-34-69)100(79-27-13-9-14-28-79)83-45-51-91-92-52-46-84(101(80-29-15-10-16-30-80)82-43-35-70(36-44-82)24-12-6-8-22-54-103-64-98(4-2)67-105-68-98)62-96(92)99(95(91)61-83)93-59-73(71-37-47-87-77(55-71)57-75-25-17-19-31-85(75)87)39-49-89(93)90-50-40-74(60-94(90)99)72-38-48-88-78(56-72)58-76-26-18-20-32-86(76)88/h9-10,13-20,25-52,55-56,59-62H,3-8,11-12,21-24,53-54,57-58,63-68H2,1-2H3. The summed E-state index contributed by atoms with van der Waals surface area (Å²) < 4.78 is 23.4. The third-order valence-electron chi connectivity index (χ3n) is 24.4. The minimum absolute atomic E-state index is 0.240. The molecule has 6 aliphatic rings. The third-order valence-corrected chi connectivity index (χ3v) is 24.4. The Morgan fingerprint density at radius 3 is 1.03 bits per heavy atom. The van der Waals surface area contributed by atoms with Crippen LogP contribution < -0.4 is 9.80 Å². The van der Waals surface area contributed by atoms with E-state index in [1.165, 1.54) is 148 Å². The second-order valence-electron chi connectivity index (χ2n) is 30.9. The number of ether oxygens (including phenoxy) is 4. The predicted octanol–water partition coefficient (Wildman–Crippen LogP) is 24.5. The molecule has 0 aromatic heterocycles. The molecule has 0 atom stereocenters. The summed E-state index contributed by atoms with van der Waals surface area (Å²) in [7, 11) is 0. The van der Waals surface area contributed by atoms with Gasteiger partial charge in [-0.2, -0.15) is 0 Å². The number of benzene rings is 12. The van der Waals surface area contributed by atoms with Crippen molar-refractivity contribution in [3.8, 4) is 66.8 Å². The zero-order valence-corrected chi connectivity index (χ0v) is 61.0. The van der Waals surface area contributed by atoms with E-state index in [1.807, 2.05) is 0 Å². The molecule has 0 radical (unpaired) electrons. The lowest BCUT2D eigenvalue weighted by molar-refractivity contribution is -0.150. The fourth-order valence-electron chi connectivity index (χ4n) is 18.1. The first-order chi connectivity index (χ1) is 51.8. The van der Waals surface area contributed by atoms with Crippen LogP contribution in [0.2, 0.25) is 0 Å². The number of rotatable bonds is 28. The van der Waals surface area contributed by atoms with Crippen molar-refractivity contribution in [1.82, 2.24) is 0 Å². The van der Waals surface area contributed by atoms with Crippen LogP contribution in [0.5, 0.6) is 0 Å². The number of para-hydroxylation sites is 2. The molecule has 1 spiro atoms. The number of hydrogen-bond donors (Lipinski definition) is 0. The molecule has 2 saturated heterocycles. The Labute approximate surface area is 621 Å². The van der Waals surface area contributed by atoms with Crippen molar-refractivity contribution in [3.63, 3.8) is 0 Å². The zero-order chi connectivity index (χ0) is 70.3. The minimum atomic E-state index is -0.767. The van der Waals surface area contributed by atoms with Gasteiger partial charge in [-0.3, -0.25) is 0 Å². The van der Waals surface area contributed by atoms with Crippen molar-refractivity contribution < 1.29 is 18.9 Å². The predicted molar refractivity (Wildman–Crippen MR) is 433 cm³/mol. The fraction of sp³-hybridized carbons (Fsp3) is 0.273. The van der Waals surface area contributed by atoms with Crippen molar-refractivity contribution in [2.45, 2.75) is 109 Å². The molecule has 6 nitrogen and oxygen atoms in total. The number of anilines is 6. The van der Waals surface area contributed by atoms with Gasteiger partial charge in [0.15, 0.2) is 0 Å². The molecule has 0 N–H and O–H groups in total. The summed E-state index contributed by atoms with van der Waals surface area (Å²) in [6, 6.07) is 103. The molecule has 0 saturated carbocycles. The highest BCUT2D eigenvalue weighted by Gasteiger charge is 2.53. The summed E-state index contributed by atoms with van der Waals surface area (Å²) in [6.45, 7) is 11.2. The highest BCUT2D eigenvalue weighted by Crippen LogP contribution is 2.65. The summed E-state index contributed by atoms with van der Waals surface area (Å²) in [4.78, 5) is 4.98. The van der Waals surface area contributed by atoms with E-state index in [4.69, 9.17) is 18.9 Å². The van der Waals surface area contributed by atoms with Gasteiger partial charge in [-0.1, -0.05) is 222 Å². The molecule has 0 bridgehead atoms. The number of aryl methyl sites for hydroxylation is 2. The van der Waals surface area contributed by atoms with Crippen LogP contribution in [-0.4, -0.2) is 52.9 Å². The van der Waals surface area contributed by atoms with Crippen LogP contribution in [0.4, 0.5) is 34.1 Å². The van der Waals surface area contributed by atoms with Crippen molar-refractivity contribution in [2.75, 3.05) is 62.7 Å². The maximum absolute atomic E-state index is 6.17. The van der Waals surface area contributed by atoms with Gasteiger partial charge in [0, 0.05) is 58.2 Å². The van der Waals surface area contributed by atoms with Gasteiger partial charge in [0.05, 0.1) is 45.1 Å². The number of nitrogens with zero attached hydrogens (tertiary/aromatic N) is 2. The van der Waals surface area contributed by atoms with Crippen molar-refractivity contribution in [3.05, 3.63) is 323 Å². The zero-order valence-electron chi connectivity index (χ0n) is 61.0. The second kappa shape index (κ2) is 28.9. The van der Waals surface area contributed by atoms with E-state index in [0.717, 1.165) is 151 Å².